The summed E-state index contributed by atoms with van der Waals surface area (Å²) >= 11 is 0. The van der Waals surface area contributed by atoms with Crippen molar-refractivity contribution in [3.8, 4) is 11.8 Å². The number of ether oxygens (including phenoxy) is 1. The standard InChI is InChI=1S/C23H23N3O4/c1-23(2)20(27)18(16-12-14(13-24)8-9-17(16)30-23)19-22(29)26(11-10-25-19)21(28)15-6-4-3-5-7-15/h3-9,12,18-20,25,27H,10-11H2,1-2H3/t18-,19?,20-/m0/s1. The highest BCUT2D eigenvalue weighted by Gasteiger charge is 2.50. The molecule has 1 fully saturated rings. The van der Waals surface area contributed by atoms with Gasteiger partial charge in [-0.15, -0.1) is 0 Å². The van der Waals surface area contributed by atoms with E-state index in [4.69, 9.17) is 4.74 Å². The van der Waals surface area contributed by atoms with Crippen LogP contribution in [0.15, 0.2) is 48.5 Å². The molecule has 2 aliphatic heterocycles. The minimum atomic E-state index is -1.02. The van der Waals surface area contributed by atoms with E-state index in [1.807, 2.05) is 6.07 Å². The van der Waals surface area contributed by atoms with Crippen LogP contribution in [0.3, 0.4) is 0 Å². The first-order valence-corrected chi connectivity index (χ1v) is 9.89. The normalized spacial score (nSPS) is 25.1. The second-order valence-electron chi connectivity index (χ2n) is 8.13. The molecule has 2 aliphatic rings. The monoisotopic (exact) mass is 405 g/mol. The van der Waals surface area contributed by atoms with Crippen LogP contribution in [0, 0.1) is 11.3 Å². The van der Waals surface area contributed by atoms with Crippen molar-refractivity contribution < 1.29 is 19.4 Å². The lowest BCUT2D eigenvalue weighted by Gasteiger charge is -2.46. The summed E-state index contributed by atoms with van der Waals surface area (Å²) in [6.45, 7) is 4.17. The zero-order chi connectivity index (χ0) is 21.5. The molecule has 2 aromatic carbocycles. The zero-order valence-corrected chi connectivity index (χ0v) is 16.8. The van der Waals surface area contributed by atoms with Gasteiger partial charge in [-0.1, -0.05) is 18.2 Å². The number of hydrogen-bond acceptors (Lipinski definition) is 6. The zero-order valence-electron chi connectivity index (χ0n) is 16.8. The predicted molar refractivity (Wildman–Crippen MR) is 109 cm³/mol. The topological polar surface area (TPSA) is 103 Å². The largest absolute Gasteiger partial charge is 0.485 e. The molecule has 0 spiro atoms. The number of rotatable bonds is 2. The number of carbonyl (C=O) groups is 2. The summed E-state index contributed by atoms with van der Waals surface area (Å²) < 4.78 is 5.95. The Bertz CT molecular complexity index is 1030. The lowest BCUT2D eigenvalue weighted by Crippen LogP contribution is -2.63. The van der Waals surface area contributed by atoms with Crippen LogP contribution < -0.4 is 10.1 Å². The highest BCUT2D eigenvalue weighted by molar-refractivity contribution is 6.06. The van der Waals surface area contributed by atoms with E-state index in [1.54, 1.807) is 56.3 Å². The number of hydrogen-bond donors (Lipinski definition) is 2. The van der Waals surface area contributed by atoms with Gasteiger partial charge in [0.15, 0.2) is 0 Å². The molecule has 1 unspecified atom stereocenters. The minimum absolute atomic E-state index is 0.247. The molecule has 7 heteroatoms. The summed E-state index contributed by atoms with van der Waals surface area (Å²) in [5, 5.41) is 23.6. The van der Waals surface area contributed by atoms with E-state index in [0.29, 0.717) is 29.0 Å². The Balaban J connectivity index is 1.72. The molecule has 30 heavy (non-hydrogen) atoms. The summed E-state index contributed by atoms with van der Waals surface area (Å²) in [5.74, 6) is -0.907. The van der Waals surface area contributed by atoms with Crippen molar-refractivity contribution in [2.24, 2.45) is 0 Å². The quantitative estimate of drug-likeness (QED) is 0.739. The molecule has 4 rings (SSSR count). The molecular weight excluding hydrogens is 382 g/mol. The molecule has 2 heterocycles. The molecule has 2 aromatic rings. The number of fused-ring (bicyclic) bond motifs is 1. The van der Waals surface area contributed by atoms with Gasteiger partial charge in [0.05, 0.1) is 17.7 Å². The van der Waals surface area contributed by atoms with Crippen LogP contribution in [0.1, 0.15) is 41.3 Å². The lowest BCUT2D eigenvalue weighted by molar-refractivity contribution is -0.137. The SMILES string of the molecule is CC1(C)Oc2ccc(C#N)cc2[C@@H](C2NCCN(C(=O)c3ccccc3)C2=O)[C@@H]1O. The summed E-state index contributed by atoms with van der Waals surface area (Å²) in [5.41, 5.74) is 0.487. The van der Waals surface area contributed by atoms with Crippen molar-refractivity contribution in [3.05, 3.63) is 65.2 Å². The lowest BCUT2D eigenvalue weighted by atomic mass is 9.76. The van der Waals surface area contributed by atoms with Gasteiger partial charge in [0.1, 0.15) is 17.5 Å². The van der Waals surface area contributed by atoms with E-state index in [-0.39, 0.29) is 12.5 Å². The maximum Gasteiger partial charge on any atom is 0.260 e. The molecule has 0 bridgehead atoms. The fourth-order valence-corrected chi connectivity index (χ4v) is 4.20. The molecule has 1 saturated heterocycles. The molecule has 0 saturated carbocycles. The van der Waals surface area contributed by atoms with Crippen molar-refractivity contribution in [1.29, 1.82) is 5.26 Å². The first-order valence-electron chi connectivity index (χ1n) is 9.89. The second-order valence-corrected chi connectivity index (χ2v) is 8.13. The fraction of sp³-hybridized carbons (Fsp3) is 0.348. The third-order valence-corrected chi connectivity index (χ3v) is 5.78. The number of nitrogens with one attached hydrogen (secondary N) is 1. The van der Waals surface area contributed by atoms with Crippen LogP contribution in [0.4, 0.5) is 0 Å². The Kier molecular flexibility index (Phi) is 5.06. The van der Waals surface area contributed by atoms with E-state index in [9.17, 15) is 20.0 Å². The van der Waals surface area contributed by atoms with Crippen LogP contribution in [0.5, 0.6) is 5.75 Å². The molecule has 3 atom stereocenters. The van der Waals surface area contributed by atoms with Crippen molar-refractivity contribution in [2.45, 2.75) is 37.5 Å². The first-order chi connectivity index (χ1) is 14.3. The predicted octanol–water partition coefficient (Wildman–Crippen LogP) is 1.81. The highest BCUT2D eigenvalue weighted by atomic mass is 16.5. The van der Waals surface area contributed by atoms with Gasteiger partial charge in [-0.25, -0.2) is 0 Å². The van der Waals surface area contributed by atoms with E-state index >= 15 is 0 Å². The third-order valence-electron chi connectivity index (χ3n) is 5.78. The van der Waals surface area contributed by atoms with Crippen LogP contribution in [0.25, 0.3) is 0 Å². The van der Waals surface area contributed by atoms with Gasteiger partial charge in [-0.2, -0.15) is 5.26 Å². The van der Waals surface area contributed by atoms with Gasteiger partial charge >= 0.3 is 0 Å². The molecule has 2 N–H and O–H groups in total. The molecule has 2 amide bonds. The number of amides is 2. The van der Waals surface area contributed by atoms with Gasteiger partial charge in [0.25, 0.3) is 5.91 Å². The molecule has 0 radical (unpaired) electrons. The van der Waals surface area contributed by atoms with Crippen molar-refractivity contribution in [3.63, 3.8) is 0 Å². The van der Waals surface area contributed by atoms with E-state index < -0.39 is 29.6 Å². The van der Waals surface area contributed by atoms with Gasteiger partial charge in [-0.3, -0.25) is 14.5 Å². The van der Waals surface area contributed by atoms with Crippen LogP contribution >= 0.6 is 0 Å². The number of imide groups is 1. The van der Waals surface area contributed by atoms with Gasteiger partial charge in [0.2, 0.25) is 5.91 Å². The molecule has 0 aromatic heterocycles. The number of aliphatic hydroxyl groups excluding tert-OH is 1. The number of nitrogens with zero attached hydrogens (tertiary/aromatic N) is 2. The molecule has 7 nitrogen and oxygen atoms in total. The molecular formula is C23H23N3O4. The number of benzene rings is 2. The van der Waals surface area contributed by atoms with E-state index in [2.05, 4.69) is 11.4 Å². The maximum atomic E-state index is 13.4. The summed E-state index contributed by atoms with van der Waals surface area (Å²) in [6.07, 6.45) is -1.02. The van der Waals surface area contributed by atoms with Crippen molar-refractivity contribution in [2.75, 3.05) is 13.1 Å². The van der Waals surface area contributed by atoms with E-state index in [0.717, 1.165) is 0 Å². The summed E-state index contributed by atoms with van der Waals surface area (Å²) in [7, 11) is 0. The first kappa shape index (κ1) is 20.1. The second kappa shape index (κ2) is 7.56. The third kappa shape index (κ3) is 3.34. The Hall–Kier alpha value is -3.21. The average Bonchev–Trinajstić information content (AvgIpc) is 2.75. The fourth-order valence-electron chi connectivity index (χ4n) is 4.20. The minimum Gasteiger partial charge on any atom is -0.485 e. The molecule has 0 aliphatic carbocycles. The Morgan fingerprint density at radius 2 is 2.00 bits per heavy atom. The van der Waals surface area contributed by atoms with Crippen LogP contribution in [-0.2, 0) is 4.79 Å². The van der Waals surface area contributed by atoms with Crippen molar-refractivity contribution >= 4 is 11.8 Å². The maximum absolute atomic E-state index is 13.4. The number of piperazine rings is 1. The van der Waals surface area contributed by atoms with Crippen molar-refractivity contribution in [1.82, 2.24) is 10.2 Å². The van der Waals surface area contributed by atoms with Gasteiger partial charge < -0.3 is 15.2 Å². The Morgan fingerprint density at radius 3 is 2.70 bits per heavy atom. The van der Waals surface area contributed by atoms with Crippen LogP contribution in [0.2, 0.25) is 0 Å². The van der Waals surface area contributed by atoms with Crippen LogP contribution in [-0.4, -0.2) is 52.7 Å². The van der Waals surface area contributed by atoms with E-state index in [1.165, 1.54) is 4.90 Å². The number of nitriles is 1. The summed E-state index contributed by atoms with van der Waals surface area (Å²) in [6, 6.07) is 14.9. The number of carbonyl (C=O) groups excluding carboxylic acids is 2. The molecule has 154 valence electrons. The Labute approximate surface area is 174 Å². The number of aliphatic hydroxyl groups is 1. The Morgan fingerprint density at radius 1 is 1.27 bits per heavy atom. The van der Waals surface area contributed by atoms with Gasteiger partial charge in [0, 0.05) is 30.1 Å². The highest BCUT2D eigenvalue weighted by Crippen LogP contribution is 2.43. The smallest absolute Gasteiger partial charge is 0.260 e. The van der Waals surface area contributed by atoms with Gasteiger partial charge in [-0.05, 0) is 44.2 Å². The average molecular weight is 405 g/mol. The summed E-state index contributed by atoms with van der Waals surface area (Å²) in [4.78, 5) is 27.6.